The fraction of sp³-hybridized carbons (Fsp3) is 0.214. The van der Waals surface area contributed by atoms with Crippen molar-refractivity contribution in [2.75, 3.05) is 13.2 Å². The highest BCUT2D eigenvalue weighted by molar-refractivity contribution is 5.93. The molecule has 1 aliphatic heterocycles. The van der Waals surface area contributed by atoms with Gasteiger partial charge in [-0.05, 0) is 61.4 Å². The Labute approximate surface area is 204 Å². The lowest BCUT2D eigenvalue weighted by atomic mass is 9.84. The van der Waals surface area contributed by atoms with Crippen molar-refractivity contribution in [1.29, 1.82) is 0 Å². The first-order valence-electron chi connectivity index (χ1n) is 11.5. The van der Waals surface area contributed by atoms with Gasteiger partial charge in [0, 0.05) is 11.5 Å². The summed E-state index contributed by atoms with van der Waals surface area (Å²) in [4.78, 5) is 25.1. The van der Waals surface area contributed by atoms with Gasteiger partial charge in [0.2, 0.25) is 5.88 Å². The largest absolute Gasteiger partial charge is 0.466 e. The minimum Gasteiger partial charge on any atom is -0.466 e. The van der Waals surface area contributed by atoms with E-state index in [0.29, 0.717) is 17.1 Å². The van der Waals surface area contributed by atoms with Crippen LogP contribution in [0.15, 0.2) is 84.3 Å². The van der Waals surface area contributed by atoms with E-state index in [9.17, 15) is 9.59 Å². The minimum absolute atomic E-state index is 0.0631. The molecule has 3 aromatic carbocycles. The van der Waals surface area contributed by atoms with Crippen molar-refractivity contribution in [2.24, 2.45) is 5.73 Å². The lowest BCUT2D eigenvalue weighted by Crippen LogP contribution is -2.28. The number of hydrogen-bond donors (Lipinski definition) is 1. The van der Waals surface area contributed by atoms with Gasteiger partial charge in [-0.15, -0.1) is 0 Å². The van der Waals surface area contributed by atoms with Gasteiger partial charge in [0.05, 0.1) is 19.6 Å². The van der Waals surface area contributed by atoms with Crippen LogP contribution >= 0.6 is 0 Å². The average molecular weight is 474 g/mol. The minimum atomic E-state index is -0.655. The molecule has 1 heterocycles. The molecule has 0 radical (unpaired) electrons. The molecule has 0 saturated carbocycles. The second-order valence-corrected chi connectivity index (χ2v) is 7.85. The van der Waals surface area contributed by atoms with E-state index in [1.807, 2.05) is 66.7 Å². The molecule has 0 amide bonds. The first kappa shape index (κ1) is 23.9. The third-order valence-corrected chi connectivity index (χ3v) is 5.56. The van der Waals surface area contributed by atoms with Crippen LogP contribution in [0.4, 0.5) is 0 Å². The molecular weight excluding hydrogens is 446 g/mol. The lowest BCUT2D eigenvalue weighted by molar-refractivity contribution is -0.143. The lowest BCUT2D eigenvalue weighted by Gasteiger charge is -2.28. The monoisotopic (exact) mass is 473 g/mol. The van der Waals surface area contributed by atoms with Crippen molar-refractivity contribution in [2.45, 2.75) is 26.2 Å². The predicted molar refractivity (Wildman–Crippen MR) is 131 cm³/mol. The summed E-state index contributed by atoms with van der Waals surface area (Å²) in [6.07, 6.45) is -0.0631. The Hall–Kier alpha value is -4.26. The standard InChI is InChI=1S/C28H27NO6/c1-3-32-25(30)17-23-22-16-19(12-15-24(22)35-27(29)26(23)28(31)33-4-2)18-10-13-21(14-11-18)34-20-8-6-5-7-9-20/h5-16,23H,3-4,17,29H2,1-2H3. The number of benzene rings is 3. The van der Waals surface area contributed by atoms with Crippen LogP contribution < -0.4 is 15.2 Å². The van der Waals surface area contributed by atoms with Gasteiger partial charge in [0.25, 0.3) is 0 Å². The molecule has 1 unspecified atom stereocenters. The fourth-order valence-electron chi connectivity index (χ4n) is 3.98. The maximum Gasteiger partial charge on any atom is 0.340 e. The van der Waals surface area contributed by atoms with Crippen LogP contribution in [-0.2, 0) is 19.1 Å². The first-order valence-corrected chi connectivity index (χ1v) is 11.5. The van der Waals surface area contributed by atoms with Crippen molar-refractivity contribution < 1.29 is 28.5 Å². The van der Waals surface area contributed by atoms with Crippen molar-refractivity contribution in [3.05, 3.63) is 89.8 Å². The summed E-state index contributed by atoms with van der Waals surface area (Å²) in [6, 6.07) is 22.8. The third kappa shape index (κ3) is 5.46. The number of carbonyl (C=O) groups is 2. The van der Waals surface area contributed by atoms with E-state index in [0.717, 1.165) is 16.9 Å². The molecule has 0 bridgehead atoms. The number of esters is 2. The summed E-state index contributed by atoms with van der Waals surface area (Å²) in [6.45, 7) is 3.85. The Bertz CT molecular complexity index is 1230. The maximum absolute atomic E-state index is 12.7. The molecule has 0 fully saturated rings. The van der Waals surface area contributed by atoms with Crippen LogP contribution in [0.2, 0.25) is 0 Å². The van der Waals surface area contributed by atoms with Crippen LogP contribution in [0.1, 0.15) is 31.7 Å². The molecule has 7 heteroatoms. The molecule has 1 aliphatic rings. The van der Waals surface area contributed by atoms with E-state index in [4.69, 9.17) is 24.7 Å². The summed E-state index contributed by atoms with van der Waals surface area (Å²) < 4.78 is 22.0. The summed E-state index contributed by atoms with van der Waals surface area (Å²) in [5.74, 6) is 0.173. The summed E-state index contributed by atoms with van der Waals surface area (Å²) >= 11 is 0. The zero-order valence-electron chi connectivity index (χ0n) is 19.7. The van der Waals surface area contributed by atoms with Crippen LogP contribution in [0.25, 0.3) is 11.1 Å². The summed E-state index contributed by atoms with van der Waals surface area (Å²) in [5.41, 5.74) is 8.69. The van der Waals surface area contributed by atoms with Gasteiger partial charge in [-0.2, -0.15) is 0 Å². The maximum atomic E-state index is 12.7. The second kappa shape index (κ2) is 10.8. The van der Waals surface area contributed by atoms with Gasteiger partial charge < -0.3 is 24.7 Å². The van der Waals surface area contributed by atoms with Gasteiger partial charge in [0.1, 0.15) is 22.8 Å². The molecule has 4 rings (SSSR count). The van der Waals surface area contributed by atoms with Crippen molar-refractivity contribution in [3.8, 4) is 28.4 Å². The second-order valence-electron chi connectivity index (χ2n) is 7.85. The summed E-state index contributed by atoms with van der Waals surface area (Å²) in [5, 5.41) is 0. The number of hydrogen-bond acceptors (Lipinski definition) is 7. The molecule has 0 spiro atoms. The molecular formula is C28H27NO6. The number of nitrogens with two attached hydrogens (primary N) is 1. The quantitative estimate of drug-likeness (QED) is 0.443. The van der Waals surface area contributed by atoms with Gasteiger partial charge in [-0.25, -0.2) is 4.79 Å². The molecule has 0 aromatic heterocycles. The Kier molecular flexibility index (Phi) is 7.35. The molecule has 180 valence electrons. The van der Waals surface area contributed by atoms with E-state index < -0.39 is 17.9 Å². The van der Waals surface area contributed by atoms with E-state index >= 15 is 0 Å². The highest BCUT2D eigenvalue weighted by Gasteiger charge is 2.36. The topological polar surface area (TPSA) is 97.1 Å². The Morgan fingerprint density at radius 2 is 1.51 bits per heavy atom. The number of para-hydroxylation sites is 1. The molecule has 2 N–H and O–H groups in total. The number of carbonyl (C=O) groups excluding carboxylic acids is 2. The van der Waals surface area contributed by atoms with Crippen LogP contribution in [0.5, 0.6) is 17.2 Å². The van der Waals surface area contributed by atoms with Crippen molar-refractivity contribution in [3.63, 3.8) is 0 Å². The molecule has 35 heavy (non-hydrogen) atoms. The average Bonchev–Trinajstić information content (AvgIpc) is 2.85. The molecule has 1 atom stereocenters. The molecule has 3 aromatic rings. The van der Waals surface area contributed by atoms with E-state index in [1.54, 1.807) is 19.9 Å². The molecule has 0 saturated heterocycles. The Morgan fingerprint density at radius 1 is 0.857 bits per heavy atom. The van der Waals surface area contributed by atoms with E-state index in [1.165, 1.54) is 0 Å². The van der Waals surface area contributed by atoms with Crippen molar-refractivity contribution >= 4 is 11.9 Å². The SMILES string of the molecule is CCOC(=O)CC1C(C(=O)OCC)=C(N)Oc2ccc(-c3ccc(Oc4ccccc4)cc3)cc21. The molecule has 7 nitrogen and oxygen atoms in total. The van der Waals surface area contributed by atoms with Gasteiger partial charge >= 0.3 is 11.9 Å². The third-order valence-electron chi connectivity index (χ3n) is 5.56. The normalized spacial score (nSPS) is 14.5. The number of rotatable bonds is 8. The van der Waals surface area contributed by atoms with Gasteiger partial charge in [-0.1, -0.05) is 36.4 Å². The zero-order valence-corrected chi connectivity index (χ0v) is 19.7. The first-order chi connectivity index (χ1) is 17.0. The van der Waals surface area contributed by atoms with Crippen molar-refractivity contribution in [1.82, 2.24) is 0 Å². The highest BCUT2D eigenvalue weighted by atomic mass is 16.5. The molecule has 0 aliphatic carbocycles. The van der Waals surface area contributed by atoms with Crippen LogP contribution in [-0.4, -0.2) is 25.2 Å². The van der Waals surface area contributed by atoms with Crippen LogP contribution in [0.3, 0.4) is 0 Å². The Morgan fingerprint density at radius 3 is 2.20 bits per heavy atom. The van der Waals surface area contributed by atoms with Crippen LogP contribution in [0, 0.1) is 0 Å². The Balaban J connectivity index is 1.66. The fourth-order valence-corrected chi connectivity index (χ4v) is 3.98. The number of fused-ring (bicyclic) bond motifs is 1. The van der Waals surface area contributed by atoms with Gasteiger partial charge in [-0.3, -0.25) is 4.79 Å². The van der Waals surface area contributed by atoms with E-state index in [2.05, 4.69) is 0 Å². The highest BCUT2D eigenvalue weighted by Crippen LogP contribution is 2.43. The van der Waals surface area contributed by atoms with Gasteiger partial charge in [0.15, 0.2) is 0 Å². The zero-order chi connectivity index (χ0) is 24.8. The smallest absolute Gasteiger partial charge is 0.340 e. The predicted octanol–water partition coefficient (Wildman–Crippen LogP) is 5.31. The summed E-state index contributed by atoms with van der Waals surface area (Å²) in [7, 11) is 0. The number of ether oxygens (including phenoxy) is 4. The van der Waals surface area contributed by atoms with E-state index in [-0.39, 0.29) is 31.1 Å².